The standard InChI is InChI=1S/C23H22N10O/c1-13-16(10-27-23(34)31(13)2)18-7-14-8-19(26-11-17(14)22(24)28-18)29-20-9-15-3-5-32-6-4-25-21(32)12-33(15)30-20/h4,6-11H,3,5,12H2,1-2H3,(H2,24,28)(H,26,29,30). The molecule has 6 heterocycles. The van der Waals surface area contributed by atoms with Crippen molar-refractivity contribution in [1.29, 1.82) is 0 Å². The van der Waals surface area contributed by atoms with Gasteiger partial charge in [-0.25, -0.2) is 24.7 Å². The van der Waals surface area contributed by atoms with Crippen molar-refractivity contribution in [2.24, 2.45) is 7.05 Å². The molecular formula is C23H22N10O. The molecule has 170 valence electrons. The number of rotatable bonds is 3. The molecule has 34 heavy (non-hydrogen) atoms. The molecule has 1 aliphatic rings. The van der Waals surface area contributed by atoms with Crippen LogP contribution in [0.2, 0.25) is 0 Å². The monoisotopic (exact) mass is 454 g/mol. The van der Waals surface area contributed by atoms with Crippen molar-refractivity contribution in [1.82, 2.24) is 38.9 Å². The van der Waals surface area contributed by atoms with Crippen LogP contribution in [0.4, 0.5) is 17.5 Å². The molecule has 0 spiro atoms. The van der Waals surface area contributed by atoms with Crippen molar-refractivity contribution in [3.05, 3.63) is 70.7 Å². The highest BCUT2D eigenvalue weighted by atomic mass is 16.1. The quantitative estimate of drug-likeness (QED) is 0.423. The first-order valence-electron chi connectivity index (χ1n) is 10.9. The van der Waals surface area contributed by atoms with Crippen LogP contribution in [0.1, 0.15) is 17.2 Å². The summed E-state index contributed by atoms with van der Waals surface area (Å²) < 4.78 is 5.63. The van der Waals surface area contributed by atoms with Gasteiger partial charge in [0.2, 0.25) is 0 Å². The predicted octanol–water partition coefficient (Wildman–Crippen LogP) is 2.02. The minimum Gasteiger partial charge on any atom is -0.383 e. The maximum atomic E-state index is 11.8. The highest BCUT2D eigenvalue weighted by Gasteiger charge is 2.17. The molecule has 0 amide bonds. The largest absolute Gasteiger partial charge is 0.383 e. The number of nitrogens with two attached hydrogens (primary N) is 1. The number of aromatic nitrogens is 8. The Kier molecular flexibility index (Phi) is 4.44. The summed E-state index contributed by atoms with van der Waals surface area (Å²) in [5.41, 5.74) is 9.23. The Hall–Kier alpha value is -4.54. The summed E-state index contributed by atoms with van der Waals surface area (Å²) in [5, 5.41) is 9.64. The number of imidazole rings is 1. The van der Waals surface area contributed by atoms with Gasteiger partial charge in [-0.3, -0.25) is 9.25 Å². The summed E-state index contributed by atoms with van der Waals surface area (Å²) in [6.07, 6.45) is 7.94. The van der Waals surface area contributed by atoms with Crippen molar-refractivity contribution in [3.63, 3.8) is 0 Å². The van der Waals surface area contributed by atoms with E-state index in [1.54, 1.807) is 13.2 Å². The predicted molar refractivity (Wildman–Crippen MR) is 128 cm³/mol. The van der Waals surface area contributed by atoms with Gasteiger partial charge in [0.25, 0.3) is 0 Å². The molecule has 6 rings (SSSR count). The number of hydrogen-bond donors (Lipinski definition) is 2. The van der Waals surface area contributed by atoms with Crippen molar-refractivity contribution >= 4 is 28.2 Å². The summed E-state index contributed by atoms with van der Waals surface area (Å²) in [5.74, 6) is 2.73. The van der Waals surface area contributed by atoms with Gasteiger partial charge >= 0.3 is 5.69 Å². The van der Waals surface area contributed by atoms with Crippen LogP contribution < -0.4 is 16.7 Å². The van der Waals surface area contributed by atoms with Gasteiger partial charge in [-0.1, -0.05) is 0 Å². The van der Waals surface area contributed by atoms with E-state index in [0.717, 1.165) is 52.3 Å². The minimum atomic E-state index is -0.312. The smallest absolute Gasteiger partial charge is 0.347 e. The van der Waals surface area contributed by atoms with E-state index in [0.29, 0.717) is 23.9 Å². The number of pyridine rings is 2. The molecule has 0 saturated carbocycles. The molecule has 0 unspecified atom stereocenters. The van der Waals surface area contributed by atoms with Gasteiger partial charge in [-0.05, 0) is 24.4 Å². The third-order valence-electron chi connectivity index (χ3n) is 6.33. The summed E-state index contributed by atoms with van der Waals surface area (Å²) >= 11 is 0. The normalized spacial score (nSPS) is 12.9. The van der Waals surface area contributed by atoms with E-state index < -0.39 is 0 Å². The molecule has 0 aliphatic carbocycles. The zero-order valence-electron chi connectivity index (χ0n) is 18.7. The van der Waals surface area contributed by atoms with E-state index in [1.165, 1.54) is 10.8 Å². The van der Waals surface area contributed by atoms with E-state index >= 15 is 0 Å². The fraction of sp³-hybridized carbons (Fsp3) is 0.217. The minimum absolute atomic E-state index is 0.312. The molecule has 11 heteroatoms. The van der Waals surface area contributed by atoms with Crippen LogP contribution in [0.15, 0.2) is 47.8 Å². The molecule has 0 saturated heterocycles. The van der Waals surface area contributed by atoms with E-state index in [9.17, 15) is 4.79 Å². The Morgan fingerprint density at radius 2 is 1.97 bits per heavy atom. The summed E-state index contributed by atoms with van der Waals surface area (Å²) in [4.78, 5) is 29.2. The number of nitrogens with one attached hydrogen (secondary N) is 1. The van der Waals surface area contributed by atoms with Gasteiger partial charge < -0.3 is 15.6 Å². The lowest BCUT2D eigenvalue weighted by Crippen LogP contribution is -2.22. The maximum absolute atomic E-state index is 11.8. The second kappa shape index (κ2) is 7.51. The molecule has 1 aliphatic heterocycles. The highest BCUT2D eigenvalue weighted by molar-refractivity contribution is 5.94. The van der Waals surface area contributed by atoms with Gasteiger partial charge in [-0.2, -0.15) is 5.10 Å². The van der Waals surface area contributed by atoms with E-state index in [1.807, 2.05) is 42.2 Å². The Morgan fingerprint density at radius 3 is 2.85 bits per heavy atom. The number of hydrogen-bond acceptors (Lipinski definition) is 8. The SMILES string of the molecule is Cc1c(-c2cc3cc(Nc4cc5n(n4)Cc4nccn4CC5)ncc3c(N)n2)cnc(=O)n1C. The van der Waals surface area contributed by atoms with Crippen LogP contribution in [0, 0.1) is 6.92 Å². The zero-order chi connectivity index (χ0) is 23.4. The van der Waals surface area contributed by atoms with Crippen molar-refractivity contribution in [2.45, 2.75) is 26.4 Å². The molecule has 0 radical (unpaired) electrons. The molecule has 5 aromatic rings. The van der Waals surface area contributed by atoms with Gasteiger partial charge in [0.15, 0.2) is 5.82 Å². The fourth-order valence-corrected chi connectivity index (χ4v) is 4.31. The Labute approximate surface area is 193 Å². The molecule has 0 bridgehead atoms. The van der Waals surface area contributed by atoms with Crippen LogP contribution in [-0.4, -0.2) is 38.9 Å². The molecule has 0 fully saturated rings. The van der Waals surface area contributed by atoms with Crippen LogP contribution in [0.25, 0.3) is 22.0 Å². The Bertz CT molecular complexity index is 1630. The number of nitrogen functional groups attached to an aromatic ring is 1. The second-order valence-corrected chi connectivity index (χ2v) is 8.37. The number of aryl methyl sites for hydroxylation is 2. The lowest BCUT2D eigenvalue weighted by atomic mass is 10.1. The number of fused-ring (bicyclic) bond motifs is 3. The van der Waals surface area contributed by atoms with Gasteiger partial charge in [0.1, 0.15) is 17.5 Å². The first kappa shape index (κ1) is 20.1. The van der Waals surface area contributed by atoms with Gasteiger partial charge in [0.05, 0.1) is 12.2 Å². The fourth-order valence-electron chi connectivity index (χ4n) is 4.31. The summed E-state index contributed by atoms with van der Waals surface area (Å²) in [7, 11) is 1.68. The molecule has 0 aromatic carbocycles. The first-order chi connectivity index (χ1) is 16.5. The Balaban J connectivity index is 1.34. The van der Waals surface area contributed by atoms with Gasteiger partial charge in [-0.15, -0.1) is 0 Å². The maximum Gasteiger partial charge on any atom is 0.347 e. The van der Waals surface area contributed by atoms with Crippen molar-refractivity contribution < 1.29 is 0 Å². The number of anilines is 3. The molecular weight excluding hydrogens is 432 g/mol. The van der Waals surface area contributed by atoms with E-state index in [4.69, 9.17) is 10.8 Å². The van der Waals surface area contributed by atoms with Crippen LogP contribution in [0.5, 0.6) is 0 Å². The summed E-state index contributed by atoms with van der Waals surface area (Å²) in [6.45, 7) is 3.37. The zero-order valence-corrected chi connectivity index (χ0v) is 18.7. The lowest BCUT2D eigenvalue weighted by Gasteiger charge is -2.11. The summed E-state index contributed by atoms with van der Waals surface area (Å²) in [6, 6.07) is 5.89. The van der Waals surface area contributed by atoms with Crippen molar-refractivity contribution in [3.8, 4) is 11.3 Å². The van der Waals surface area contributed by atoms with Crippen LogP contribution >= 0.6 is 0 Å². The van der Waals surface area contributed by atoms with E-state index in [2.05, 4.69) is 29.8 Å². The molecule has 3 N–H and O–H groups in total. The molecule has 11 nitrogen and oxygen atoms in total. The molecule has 5 aromatic heterocycles. The number of nitrogens with zero attached hydrogens (tertiary/aromatic N) is 8. The van der Waals surface area contributed by atoms with Crippen LogP contribution in [-0.2, 0) is 26.6 Å². The third-order valence-corrected chi connectivity index (χ3v) is 6.33. The van der Waals surface area contributed by atoms with Crippen molar-refractivity contribution in [2.75, 3.05) is 11.1 Å². The van der Waals surface area contributed by atoms with Crippen LogP contribution in [0.3, 0.4) is 0 Å². The highest BCUT2D eigenvalue weighted by Crippen LogP contribution is 2.29. The topological polar surface area (TPSA) is 134 Å². The van der Waals surface area contributed by atoms with E-state index in [-0.39, 0.29) is 5.69 Å². The molecule has 0 atom stereocenters. The Morgan fingerprint density at radius 1 is 1.09 bits per heavy atom. The third kappa shape index (κ3) is 3.29. The average molecular weight is 454 g/mol. The van der Waals surface area contributed by atoms with Gasteiger partial charge in [0, 0.05) is 73.2 Å². The lowest BCUT2D eigenvalue weighted by molar-refractivity contribution is 0.641. The average Bonchev–Trinajstić information content (AvgIpc) is 3.39. The second-order valence-electron chi connectivity index (χ2n) is 8.37. The first-order valence-corrected chi connectivity index (χ1v) is 10.9.